The van der Waals surface area contributed by atoms with Gasteiger partial charge in [-0.2, -0.15) is 5.26 Å². The second-order valence-corrected chi connectivity index (χ2v) is 2.75. The molecule has 6 nitrogen and oxygen atoms in total. The summed E-state index contributed by atoms with van der Waals surface area (Å²) in [5.74, 6) is -0.487. The number of nitrogens with zero attached hydrogens (tertiary/aromatic N) is 2. The fourth-order valence-corrected chi connectivity index (χ4v) is 0.982. The third-order valence-electron chi connectivity index (χ3n) is 1.78. The third kappa shape index (κ3) is 2.72. The molecular formula is C10H9N3O3. The molecule has 0 aromatic heterocycles. The van der Waals surface area contributed by atoms with Crippen molar-refractivity contribution < 1.29 is 14.7 Å². The molecule has 0 unspecified atom stereocenters. The number of nitrogens with one attached hydrogen (secondary N) is 1. The number of amidine groups is 1. The SMILES string of the molecule is CO/C(=N/O)NC(=O)c1ccc(C#N)cc1. The molecule has 2 N–H and O–H groups in total. The highest BCUT2D eigenvalue weighted by molar-refractivity contribution is 6.03. The number of hydrogen-bond acceptors (Lipinski definition) is 5. The van der Waals surface area contributed by atoms with Gasteiger partial charge in [-0.15, -0.1) is 0 Å². The van der Waals surface area contributed by atoms with E-state index in [0.717, 1.165) is 0 Å². The first-order valence-corrected chi connectivity index (χ1v) is 4.29. The van der Waals surface area contributed by atoms with Crippen LogP contribution < -0.4 is 5.32 Å². The lowest BCUT2D eigenvalue weighted by Gasteiger charge is -2.04. The molecular weight excluding hydrogens is 210 g/mol. The highest BCUT2D eigenvalue weighted by atomic mass is 16.5. The molecule has 6 heteroatoms. The van der Waals surface area contributed by atoms with Crippen LogP contribution in [0.25, 0.3) is 0 Å². The molecule has 0 aliphatic carbocycles. The topological polar surface area (TPSA) is 94.7 Å². The summed E-state index contributed by atoms with van der Waals surface area (Å²) in [6.07, 6.45) is 0. The van der Waals surface area contributed by atoms with E-state index in [2.05, 4.69) is 15.2 Å². The van der Waals surface area contributed by atoms with Gasteiger partial charge in [-0.25, -0.2) is 0 Å². The summed E-state index contributed by atoms with van der Waals surface area (Å²) in [5.41, 5.74) is 0.788. The van der Waals surface area contributed by atoms with Gasteiger partial charge in [0.05, 0.1) is 18.7 Å². The molecule has 0 atom stereocenters. The van der Waals surface area contributed by atoms with Gasteiger partial charge in [-0.05, 0) is 29.4 Å². The molecule has 1 amide bonds. The summed E-state index contributed by atoms with van der Waals surface area (Å²) in [5, 5.41) is 21.9. The molecule has 0 fully saturated rings. The van der Waals surface area contributed by atoms with Crippen LogP contribution in [0.5, 0.6) is 0 Å². The maximum atomic E-state index is 11.5. The van der Waals surface area contributed by atoms with Crippen LogP contribution in [0.1, 0.15) is 15.9 Å². The molecule has 0 aliphatic rings. The zero-order valence-corrected chi connectivity index (χ0v) is 8.47. The zero-order valence-electron chi connectivity index (χ0n) is 8.47. The van der Waals surface area contributed by atoms with Gasteiger partial charge in [-0.3, -0.25) is 10.1 Å². The van der Waals surface area contributed by atoms with E-state index in [1.807, 2.05) is 6.07 Å². The summed E-state index contributed by atoms with van der Waals surface area (Å²) in [6.45, 7) is 0. The van der Waals surface area contributed by atoms with E-state index in [9.17, 15) is 4.79 Å². The Bertz CT molecular complexity index is 445. The first-order valence-electron chi connectivity index (χ1n) is 4.29. The molecule has 82 valence electrons. The van der Waals surface area contributed by atoms with Gasteiger partial charge in [0, 0.05) is 5.56 Å². The molecule has 1 aromatic carbocycles. The first-order chi connectivity index (χ1) is 7.71. The minimum atomic E-state index is -0.487. The van der Waals surface area contributed by atoms with Crippen LogP contribution in [0.15, 0.2) is 29.4 Å². The highest BCUT2D eigenvalue weighted by Crippen LogP contribution is 2.02. The lowest BCUT2D eigenvalue weighted by Crippen LogP contribution is -2.31. The number of carbonyl (C=O) groups is 1. The van der Waals surface area contributed by atoms with E-state index < -0.39 is 5.91 Å². The van der Waals surface area contributed by atoms with Crippen LogP contribution in [0, 0.1) is 11.3 Å². The standard InChI is InChI=1S/C10H9N3O3/c1-16-10(13-15)12-9(14)8-4-2-7(6-11)3-5-8/h2-5,15H,1H3,(H,12,13,14). The predicted molar refractivity (Wildman–Crippen MR) is 54.9 cm³/mol. The Morgan fingerprint density at radius 1 is 1.50 bits per heavy atom. The van der Waals surface area contributed by atoms with Gasteiger partial charge in [0.2, 0.25) is 0 Å². The third-order valence-corrected chi connectivity index (χ3v) is 1.78. The maximum Gasteiger partial charge on any atom is 0.330 e. The summed E-state index contributed by atoms with van der Waals surface area (Å²) in [7, 11) is 1.26. The van der Waals surface area contributed by atoms with Gasteiger partial charge in [0.15, 0.2) is 0 Å². The number of nitriles is 1. The number of methoxy groups -OCH3 is 1. The quantitative estimate of drug-likeness (QED) is 0.314. The van der Waals surface area contributed by atoms with Gasteiger partial charge >= 0.3 is 6.02 Å². The Hall–Kier alpha value is -2.55. The highest BCUT2D eigenvalue weighted by Gasteiger charge is 2.08. The molecule has 1 rings (SSSR count). The van der Waals surface area contributed by atoms with E-state index >= 15 is 0 Å². The molecule has 1 aromatic rings. The minimum absolute atomic E-state index is 0.297. The number of oxime groups is 1. The summed E-state index contributed by atoms with van der Waals surface area (Å²) >= 11 is 0. The molecule has 0 saturated carbocycles. The average molecular weight is 219 g/mol. The number of rotatable bonds is 1. The van der Waals surface area contributed by atoms with Crippen LogP contribution in [-0.4, -0.2) is 24.2 Å². The summed E-state index contributed by atoms with van der Waals surface area (Å²) in [6, 6.07) is 7.63. The summed E-state index contributed by atoms with van der Waals surface area (Å²) in [4.78, 5) is 11.5. The van der Waals surface area contributed by atoms with Crippen molar-refractivity contribution in [2.75, 3.05) is 7.11 Å². The fourth-order valence-electron chi connectivity index (χ4n) is 0.982. The Morgan fingerprint density at radius 2 is 2.12 bits per heavy atom. The normalized spacial score (nSPS) is 10.4. The van der Waals surface area contributed by atoms with E-state index in [4.69, 9.17) is 10.5 Å². The van der Waals surface area contributed by atoms with E-state index in [1.54, 1.807) is 0 Å². The monoisotopic (exact) mass is 219 g/mol. The second-order valence-electron chi connectivity index (χ2n) is 2.75. The van der Waals surface area contributed by atoms with E-state index in [1.165, 1.54) is 31.4 Å². The molecule has 16 heavy (non-hydrogen) atoms. The fraction of sp³-hybridized carbons (Fsp3) is 0.100. The maximum absolute atomic E-state index is 11.5. The van der Waals surface area contributed by atoms with Crippen molar-refractivity contribution in [1.82, 2.24) is 5.32 Å². The number of benzene rings is 1. The largest absolute Gasteiger partial charge is 0.466 e. The lowest BCUT2D eigenvalue weighted by atomic mass is 10.1. The molecule has 0 heterocycles. The predicted octanol–water partition coefficient (Wildman–Crippen LogP) is 0.680. The Balaban J connectivity index is 2.78. The van der Waals surface area contributed by atoms with Crippen molar-refractivity contribution in [3.8, 4) is 6.07 Å². The van der Waals surface area contributed by atoms with Gasteiger partial charge < -0.3 is 9.94 Å². The van der Waals surface area contributed by atoms with Crippen molar-refractivity contribution in [2.45, 2.75) is 0 Å². The van der Waals surface area contributed by atoms with Crippen molar-refractivity contribution in [3.05, 3.63) is 35.4 Å². The molecule has 0 saturated heterocycles. The van der Waals surface area contributed by atoms with Crippen LogP contribution in [0.4, 0.5) is 0 Å². The molecule has 0 bridgehead atoms. The van der Waals surface area contributed by atoms with Gasteiger partial charge in [-0.1, -0.05) is 0 Å². The first kappa shape index (κ1) is 11.5. The van der Waals surface area contributed by atoms with Crippen molar-refractivity contribution >= 4 is 11.9 Å². The Morgan fingerprint density at radius 3 is 2.56 bits per heavy atom. The molecule has 0 radical (unpaired) electrons. The number of amides is 1. The van der Waals surface area contributed by atoms with Crippen molar-refractivity contribution in [2.24, 2.45) is 5.16 Å². The van der Waals surface area contributed by atoms with Gasteiger partial charge in [0.25, 0.3) is 5.91 Å². The Kier molecular flexibility index (Phi) is 3.86. The number of ether oxygens (including phenoxy) is 1. The van der Waals surface area contributed by atoms with Crippen LogP contribution in [0.2, 0.25) is 0 Å². The van der Waals surface area contributed by atoms with Crippen LogP contribution >= 0.6 is 0 Å². The molecule has 0 spiro atoms. The molecule has 0 aliphatic heterocycles. The minimum Gasteiger partial charge on any atom is -0.466 e. The zero-order chi connectivity index (χ0) is 12.0. The average Bonchev–Trinajstić information content (AvgIpc) is 2.35. The van der Waals surface area contributed by atoms with Gasteiger partial charge in [0.1, 0.15) is 0 Å². The van der Waals surface area contributed by atoms with Crippen LogP contribution in [-0.2, 0) is 4.74 Å². The van der Waals surface area contributed by atoms with E-state index in [0.29, 0.717) is 11.1 Å². The van der Waals surface area contributed by atoms with E-state index in [-0.39, 0.29) is 6.02 Å². The smallest absolute Gasteiger partial charge is 0.330 e. The lowest BCUT2D eigenvalue weighted by molar-refractivity contribution is 0.0965. The van der Waals surface area contributed by atoms with Crippen molar-refractivity contribution in [3.63, 3.8) is 0 Å². The van der Waals surface area contributed by atoms with Crippen LogP contribution in [0.3, 0.4) is 0 Å². The Labute approximate surface area is 91.8 Å². The second kappa shape index (κ2) is 5.36. The number of carbonyl (C=O) groups excluding carboxylic acids is 1. The van der Waals surface area contributed by atoms with Crippen molar-refractivity contribution in [1.29, 1.82) is 5.26 Å². The number of hydrogen-bond donors (Lipinski definition) is 2. The summed E-state index contributed by atoms with van der Waals surface area (Å²) < 4.78 is 4.55.